The summed E-state index contributed by atoms with van der Waals surface area (Å²) >= 11 is 0. The van der Waals surface area contributed by atoms with Crippen molar-refractivity contribution in [2.45, 2.75) is 33.7 Å². The minimum Gasteiger partial charge on any atom is -0.484 e. The molecule has 158 valence electrons. The molecule has 3 N–H and O–H groups in total. The van der Waals surface area contributed by atoms with Crippen molar-refractivity contribution in [1.82, 2.24) is 10.7 Å². The molecule has 0 bridgehead atoms. The van der Waals surface area contributed by atoms with Crippen LogP contribution in [0.4, 0.5) is 5.69 Å². The third-order valence-corrected chi connectivity index (χ3v) is 3.90. The van der Waals surface area contributed by atoms with Gasteiger partial charge in [0.25, 0.3) is 5.91 Å². The van der Waals surface area contributed by atoms with Crippen LogP contribution in [0.1, 0.15) is 30.5 Å². The summed E-state index contributed by atoms with van der Waals surface area (Å²) in [5.41, 5.74) is 5.56. The van der Waals surface area contributed by atoms with Crippen LogP contribution in [-0.2, 0) is 14.4 Å². The molecule has 8 nitrogen and oxygen atoms in total. The van der Waals surface area contributed by atoms with Crippen molar-refractivity contribution in [2.24, 2.45) is 5.10 Å². The van der Waals surface area contributed by atoms with E-state index in [0.29, 0.717) is 11.3 Å². The van der Waals surface area contributed by atoms with Crippen molar-refractivity contribution in [3.8, 4) is 5.75 Å². The van der Waals surface area contributed by atoms with E-state index in [1.165, 1.54) is 6.21 Å². The summed E-state index contributed by atoms with van der Waals surface area (Å²) in [5.74, 6) is -1.41. The van der Waals surface area contributed by atoms with Crippen molar-refractivity contribution in [3.05, 3.63) is 59.2 Å². The third kappa shape index (κ3) is 7.38. The molecule has 0 spiro atoms. The van der Waals surface area contributed by atoms with Gasteiger partial charge in [-0.25, -0.2) is 5.43 Å². The lowest BCUT2D eigenvalue weighted by atomic mass is 10.1. The first-order valence-corrected chi connectivity index (χ1v) is 9.48. The van der Waals surface area contributed by atoms with Crippen LogP contribution in [0, 0.1) is 13.8 Å². The fourth-order valence-corrected chi connectivity index (χ4v) is 2.43. The quantitative estimate of drug-likeness (QED) is 0.370. The average Bonchev–Trinajstić information content (AvgIpc) is 2.69. The highest BCUT2D eigenvalue weighted by atomic mass is 16.5. The summed E-state index contributed by atoms with van der Waals surface area (Å²) < 4.78 is 5.54. The van der Waals surface area contributed by atoms with Gasteiger partial charge in [-0.2, -0.15) is 5.10 Å². The Hall–Kier alpha value is -3.68. The molecule has 0 aliphatic rings. The van der Waals surface area contributed by atoms with Gasteiger partial charge < -0.3 is 15.4 Å². The standard InChI is InChI=1S/C22H26N4O4/c1-14(2)24-21(28)22(29)26-23-12-17-6-5-7-18(11-17)30-13-20(27)25-19-10-15(3)8-9-16(19)4/h5-12,14H,13H2,1-4H3,(H,24,28)(H,25,27)(H,26,29)/b23-12-. The summed E-state index contributed by atoms with van der Waals surface area (Å²) in [7, 11) is 0. The average molecular weight is 410 g/mol. The van der Waals surface area contributed by atoms with Crippen molar-refractivity contribution in [1.29, 1.82) is 0 Å². The van der Waals surface area contributed by atoms with Crippen molar-refractivity contribution >= 4 is 29.6 Å². The van der Waals surface area contributed by atoms with E-state index in [0.717, 1.165) is 16.8 Å². The number of benzene rings is 2. The van der Waals surface area contributed by atoms with Crippen LogP contribution in [0.15, 0.2) is 47.6 Å². The molecule has 2 aromatic carbocycles. The summed E-state index contributed by atoms with van der Waals surface area (Å²) in [6.07, 6.45) is 1.38. The molecule has 0 radical (unpaired) electrons. The predicted octanol–water partition coefficient (Wildman–Crippen LogP) is 2.30. The number of aryl methyl sites for hydroxylation is 2. The Morgan fingerprint density at radius 2 is 1.83 bits per heavy atom. The smallest absolute Gasteiger partial charge is 0.329 e. The zero-order chi connectivity index (χ0) is 22.1. The number of nitrogens with one attached hydrogen (secondary N) is 3. The highest BCUT2D eigenvalue weighted by molar-refractivity contribution is 6.35. The molecule has 2 aromatic rings. The van der Waals surface area contributed by atoms with Crippen LogP contribution in [0.25, 0.3) is 0 Å². The Labute approximate surface area is 175 Å². The van der Waals surface area contributed by atoms with E-state index in [-0.39, 0.29) is 18.6 Å². The zero-order valence-electron chi connectivity index (χ0n) is 17.5. The molecule has 0 aliphatic carbocycles. The number of carbonyl (C=O) groups excluding carboxylic acids is 3. The van der Waals surface area contributed by atoms with Crippen LogP contribution in [-0.4, -0.2) is 36.6 Å². The Kier molecular flexibility index (Phi) is 8.10. The van der Waals surface area contributed by atoms with Gasteiger partial charge in [-0.3, -0.25) is 14.4 Å². The van der Waals surface area contributed by atoms with Gasteiger partial charge in [0, 0.05) is 11.7 Å². The van der Waals surface area contributed by atoms with Gasteiger partial charge >= 0.3 is 11.8 Å². The molecule has 0 fully saturated rings. The molecular formula is C22H26N4O4. The highest BCUT2D eigenvalue weighted by Gasteiger charge is 2.13. The highest BCUT2D eigenvalue weighted by Crippen LogP contribution is 2.17. The Morgan fingerprint density at radius 3 is 2.57 bits per heavy atom. The molecule has 0 aliphatic heterocycles. The van der Waals surface area contributed by atoms with Crippen molar-refractivity contribution < 1.29 is 19.1 Å². The minimum absolute atomic E-state index is 0.145. The number of ether oxygens (including phenoxy) is 1. The molecule has 2 rings (SSSR count). The molecule has 0 atom stereocenters. The number of hydrazone groups is 1. The van der Waals surface area contributed by atoms with Crippen LogP contribution < -0.4 is 20.8 Å². The van der Waals surface area contributed by atoms with E-state index in [4.69, 9.17) is 4.74 Å². The molecule has 0 aromatic heterocycles. The molecule has 30 heavy (non-hydrogen) atoms. The van der Waals surface area contributed by atoms with Gasteiger partial charge in [0.15, 0.2) is 6.61 Å². The number of anilines is 1. The molecule has 0 unspecified atom stereocenters. The Balaban J connectivity index is 1.87. The lowest BCUT2D eigenvalue weighted by molar-refractivity contribution is -0.139. The van der Waals surface area contributed by atoms with E-state index in [1.807, 2.05) is 32.0 Å². The summed E-state index contributed by atoms with van der Waals surface area (Å²) in [4.78, 5) is 35.3. The topological polar surface area (TPSA) is 109 Å². The Bertz CT molecular complexity index is 954. The van der Waals surface area contributed by atoms with Gasteiger partial charge in [0.2, 0.25) is 0 Å². The number of nitrogens with zero attached hydrogens (tertiary/aromatic N) is 1. The van der Waals surface area contributed by atoms with E-state index in [9.17, 15) is 14.4 Å². The fraction of sp³-hybridized carbons (Fsp3) is 0.273. The first kappa shape index (κ1) is 22.6. The zero-order valence-corrected chi connectivity index (χ0v) is 17.5. The van der Waals surface area contributed by atoms with Gasteiger partial charge in [0.05, 0.1) is 6.21 Å². The molecular weight excluding hydrogens is 384 g/mol. The fourth-order valence-electron chi connectivity index (χ4n) is 2.43. The Morgan fingerprint density at radius 1 is 1.07 bits per heavy atom. The van der Waals surface area contributed by atoms with Gasteiger partial charge in [0.1, 0.15) is 5.75 Å². The summed E-state index contributed by atoms with van der Waals surface area (Å²) in [6, 6.07) is 12.5. The second-order valence-electron chi connectivity index (χ2n) is 7.06. The van der Waals surface area contributed by atoms with E-state index >= 15 is 0 Å². The second kappa shape index (κ2) is 10.8. The third-order valence-electron chi connectivity index (χ3n) is 3.90. The number of rotatable bonds is 7. The maximum Gasteiger partial charge on any atom is 0.329 e. The normalized spacial score (nSPS) is 10.7. The molecule has 0 saturated heterocycles. The van der Waals surface area contributed by atoms with Gasteiger partial charge in [-0.1, -0.05) is 24.3 Å². The number of hydrogen-bond acceptors (Lipinski definition) is 5. The SMILES string of the molecule is Cc1ccc(C)c(NC(=O)COc2cccc(/C=N\NC(=O)C(=O)NC(C)C)c2)c1. The second-order valence-corrected chi connectivity index (χ2v) is 7.06. The van der Waals surface area contributed by atoms with E-state index in [2.05, 4.69) is 21.2 Å². The largest absolute Gasteiger partial charge is 0.484 e. The molecule has 0 heterocycles. The van der Waals surface area contributed by atoms with Crippen LogP contribution in [0.2, 0.25) is 0 Å². The summed E-state index contributed by atoms with van der Waals surface area (Å²) in [5, 5.41) is 9.06. The van der Waals surface area contributed by atoms with E-state index < -0.39 is 11.8 Å². The molecule has 8 heteroatoms. The maximum absolute atomic E-state index is 12.2. The van der Waals surface area contributed by atoms with E-state index in [1.54, 1.807) is 38.1 Å². The number of hydrogen-bond donors (Lipinski definition) is 3. The van der Waals surface area contributed by atoms with Crippen molar-refractivity contribution in [2.75, 3.05) is 11.9 Å². The summed E-state index contributed by atoms with van der Waals surface area (Å²) in [6.45, 7) is 7.23. The van der Waals surface area contributed by atoms with Crippen LogP contribution in [0.5, 0.6) is 5.75 Å². The van der Waals surface area contributed by atoms with Crippen molar-refractivity contribution in [3.63, 3.8) is 0 Å². The monoisotopic (exact) mass is 410 g/mol. The first-order chi connectivity index (χ1) is 14.2. The number of amides is 3. The number of carbonyl (C=O) groups is 3. The predicted molar refractivity (Wildman–Crippen MR) is 115 cm³/mol. The van der Waals surface area contributed by atoms with Gasteiger partial charge in [-0.05, 0) is 62.6 Å². The molecule has 0 saturated carbocycles. The first-order valence-electron chi connectivity index (χ1n) is 9.48. The van der Waals surface area contributed by atoms with Gasteiger partial charge in [-0.15, -0.1) is 0 Å². The van der Waals surface area contributed by atoms with Crippen LogP contribution >= 0.6 is 0 Å². The minimum atomic E-state index is -0.851. The van der Waals surface area contributed by atoms with Crippen LogP contribution in [0.3, 0.4) is 0 Å². The maximum atomic E-state index is 12.2. The lowest BCUT2D eigenvalue weighted by Gasteiger charge is -2.10. The lowest BCUT2D eigenvalue weighted by Crippen LogP contribution is -2.41. The molecule has 3 amide bonds.